The molecule has 0 unspecified atom stereocenters. The molecule has 0 aliphatic rings. The third-order valence-electron chi connectivity index (χ3n) is 2.61. The van der Waals surface area contributed by atoms with Gasteiger partial charge < -0.3 is 0 Å². The van der Waals surface area contributed by atoms with E-state index in [0.29, 0.717) is 5.56 Å². The van der Waals surface area contributed by atoms with Crippen LogP contribution < -0.4 is 0 Å². The van der Waals surface area contributed by atoms with Crippen molar-refractivity contribution < 1.29 is 8.42 Å². The minimum Gasteiger partial charge on any atom is -0.207 e. The number of benzene rings is 1. The number of nitrogens with zero attached hydrogens (tertiary/aromatic N) is 2. The summed E-state index contributed by atoms with van der Waals surface area (Å²) in [6.07, 6.45) is 1.56. The Morgan fingerprint density at radius 3 is 2.21 bits per heavy atom. The minimum absolute atomic E-state index is 0.184. The van der Waals surface area contributed by atoms with Gasteiger partial charge in [-0.3, -0.25) is 0 Å². The lowest BCUT2D eigenvalue weighted by Crippen LogP contribution is -2.45. The Labute approximate surface area is 115 Å². The molecule has 0 fully saturated rings. The summed E-state index contributed by atoms with van der Waals surface area (Å²) < 4.78 is 26.5. The van der Waals surface area contributed by atoms with Gasteiger partial charge in [-0.25, -0.2) is 8.42 Å². The second-order valence-corrected chi connectivity index (χ2v) is 6.99. The third-order valence-corrected chi connectivity index (χ3v) is 4.76. The first-order valence-corrected chi connectivity index (χ1v) is 7.31. The normalized spacial score (nSPS) is 12.2. The van der Waals surface area contributed by atoms with E-state index in [4.69, 9.17) is 5.26 Å². The van der Waals surface area contributed by atoms with Crippen molar-refractivity contribution >= 4 is 10.0 Å². The molecule has 1 aromatic carbocycles. The fraction of sp³-hybridized carbons (Fsp3) is 0.357. The van der Waals surface area contributed by atoms with Crippen molar-refractivity contribution in [3.8, 4) is 6.07 Å². The largest absolute Gasteiger partial charge is 0.243 e. The summed E-state index contributed by atoms with van der Waals surface area (Å²) in [5.41, 5.74) is -0.106. The van der Waals surface area contributed by atoms with Crippen LogP contribution >= 0.6 is 0 Å². The quantitative estimate of drug-likeness (QED) is 0.795. The highest BCUT2D eigenvalue weighted by Gasteiger charge is 2.32. The number of sulfonamides is 1. The SMILES string of the molecule is C=CCN(C(C)(C)C)S(=O)(=O)c1ccc(C#N)cc1. The van der Waals surface area contributed by atoms with E-state index in [1.807, 2.05) is 26.8 Å². The van der Waals surface area contributed by atoms with Crippen molar-refractivity contribution in [2.45, 2.75) is 31.2 Å². The highest BCUT2D eigenvalue weighted by atomic mass is 32.2. The molecule has 19 heavy (non-hydrogen) atoms. The molecule has 0 aromatic heterocycles. The third kappa shape index (κ3) is 3.43. The molecule has 0 radical (unpaired) electrons. The van der Waals surface area contributed by atoms with Crippen LogP contribution in [0.5, 0.6) is 0 Å². The molecular formula is C14H18N2O2S. The second-order valence-electron chi connectivity index (χ2n) is 5.13. The fourth-order valence-corrected chi connectivity index (χ4v) is 3.44. The Balaban J connectivity index is 3.27. The lowest BCUT2D eigenvalue weighted by atomic mass is 10.1. The summed E-state index contributed by atoms with van der Waals surface area (Å²) in [6, 6.07) is 7.88. The predicted octanol–water partition coefficient (Wildman–Crippen LogP) is 2.53. The van der Waals surface area contributed by atoms with Gasteiger partial charge in [0.2, 0.25) is 10.0 Å². The second kappa shape index (κ2) is 5.55. The van der Waals surface area contributed by atoms with E-state index < -0.39 is 15.6 Å². The minimum atomic E-state index is -3.59. The van der Waals surface area contributed by atoms with Crippen LogP contribution in [0.3, 0.4) is 0 Å². The molecule has 0 saturated heterocycles. The van der Waals surface area contributed by atoms with Crippen LogP contribution in [0.4, 0.5) is 0 Å². The van der Waals surface area contributed by atoms with Gasteiger partial charge in [0.25, 0.3) is 0 Å². The van der Waals surface area contributed by atoms with Gasteiger partial charge in [0.15, 0.2) is 0 Å². The maximum absolute atomic E-state index is 12.6. The molecule has 0 atom stereocenters. The molecule has 0 bridgehead atoms. The van der Waals surface area contributed by atoms with E-state index in [0.717, 1.165) is 0 Å². The van der Waals surface area contributed by atoms with Crippen LogP contribution in [0, 0.1) is 11.3 Å². The number of hydrogen-bond donors (Lipinski definition) is 0. The van der Waals surface area contributed by atoms with Gasteiger partial charge in [-0.05, 0) is 45.0 Å². The van der Waals surface area contributed by atoms with Gasteiger partial charge in [-0.15, -0.1) is 6.58 Å². The Bertz CT molecular complexity index is 590. The number of hydrogen-bond acceptors (Lipinski definition) is 3. The molecular weight excluding hydrogens is 260 g/mol. The zero-order chi connectivity index (χ0) is 14.7. The molecule has 0 amide bonds. The van der Waals surface area contributed by atoms with Crippen molar-refractivity contribution in [1.82, 2.24) is 4.31 Å². The van der Waals surface area contributed by atoms with Crippen LogP contribution in [0.1, 0.15) is 26.3 Å². The topological polar surface area (TPSA) is 61.2 Å². The molecule has 0 spiro atoms. The highest BCUT2D eigenvalue weighted by molar-refractivity contribution is 7.89. The van der Waals surface area contributed by atoms with Crippen LogP contribution in [0.15, 0.2) is 41.8 Å². The van der Waals surface area contributed by atoms with Gasteiger partial charge in [0.1, 0.15) is 0 Å². The Kier molecular flexibility index (Phi) is 4.51. The van der Waals surface area contributed by atoms with E-state index in [9.17, 15) is 8.42 Å². The maximum atomic E-state index is 12.6. The summed E-state index contributed by atoms with van der Waals surface area (Å²) in [5.74, 6) is 0. The van der Waals surface area contributed by atoms with Gasteiger partial charge in [0.05, 0.1) is 16.5 Å². The average Bonchev–Trinajstić information content (AvgIpc) is 2.34. The van der Waals surface area contributed by atoms with E-state index >= 15 is 0 Å². The summed E-state index contributed by atoms with van der Waals surface area (Å²) in [5, 5.41) is 8.73. The van der Waals surface area contributed by atoms with E-state index in [-0.39, 0.29) is 11.4 Å². The molecule has 0 aliphatic heterocycles. The van der Waals surface area contributed by atoms with Crippen LogP contribution in [0.2, 0.25) is 0 Å². The smallest absolute Gasteiger partial charge is 0.207 e. The summed E-state index contributed by atoms with van der Waals surface area (Å²) in [4.78, 5) is 0.184. The first-order valence-electron chi connectivity index (χ1n) is 5.87. The molecule has 102 valence electrons. The van der Waals surface area contributed by atoms with Crippen molar-refractivity contribution in [3.63, 3.8) is 0 Å². The molecule has 5 heteroatoms. The molecule has 1 rings (SSSR count). The Hall–Kier alpha value is -1.64. The summed E-state index contributed by atoms with van der Waals surface area (Å²) in [7, 11) is -3.59. The lowest BCUT2D eigenvalue weighted by Gasteiger charge is -2.33. The van der Waals surface area contributed by atoms with Crippen LogP contribution in [-0.4, -0.2) is 24.8 Å². The van der Waals surface area contributed by atoms with E-state index in [1.165, 1.54) is 28.6 Å². The molecule has 0 N–H and O–H groups in total. The molecule has 0 saturated carbocycles. The highest BCUT2D eigenvalue weighted by Crippen LogP contribution is 2.24. The average molecular weight is 278 g/mol. The van der Waals surface area contributed by atoms with Crippen molar-refractivity contribution in [2.75, 3.05) is 6.54 Å². The molecule has 1 aromatic rings. The molecule has 0 aliphatic carbocycles. The lowest BCUT2D eigenvalue weighted by molar-refractivity contribution is 0.270. The Morgan fingerprint density at radius 2 is 1.84 bits per heavy atom. The van der Waals surface area contributed by atoms with E-state index in [1.54, 1.807) is 6.08 Å². The summed E-state index contributed by atoms with van der Waals surface area (Å²) in [6.45, 7) is 9.33. The number of rotatable bonds is 4. The van der Waals surface area contributed by atoms with Gasteiger partial charge in [-0.1, -0.05) is 6.08 Å². The summed E-state index contributed by atoms with van der Waals surface area (Å²) >= 11 is 0. The van der Waals surface area contributed by atoms with E-state index in [2.05, 4.69) is 6.58 Å². The van der Waals surface area contributed by atoms with Gasteiger partial charge >= 0.3 is 0 Å². The zero-order valence-corrected chi connectivity index (χ0v) is 12.2. The van der Waals surface area contributed by atoms with Gasteiger partial charge in [-0.2, -0.15) is 9.57 Å². The Morgan fingerprint density at radius 1 is 1.32 bits per heavy atom. The first-order chi connectivity index (χ1) is 8.73. The van der Waals surface area contributed by atoms with Crippen LogP contribution in [-0.2, 0) is 10.0 Å². The van der Waals surface area contributed by atoms with Crippen molar-refractivity contribution in [2.24, 2.45) is 0 Å². The van der Waals surface area contributed by atoms with Crippen molar-refractivity contribution in [1.29, 1.82) is 5.26 Å². The first kappa shape index (κ1) is 15.4. The zero-order valence-electron chi connectivity index (χ0n) is 11.4. The monoisotopic (exact) mass is 278 g/mol. The molecule has 0 heterocycles. The maximum Gasteiger partial charge on any atom is 0.243 e. The van der Waals surface area contributed by atoms with Crippen molar-refractivity contribution in [3.05, 3.63) is 42.5 Å². The van der Waals surface area contributed by atoms with Gasteiger partial charge in [0, 0.05) is 12.1 Å². The predicted molar refractivity (Wildman–Crippen MR) is 75.0 cm³/mol. The fourth-order valence-electron chi connectivity index (χ4n) is 1.68. The standard InChI is InChI=1S/C14H18N2O2S/c1-5-10-16(14(2,3)4)19(17,18)13-8-6-12(11-15)7-9-13/h5-9H,1,10H2,2-4H3. The number of nitriles is 1. The van der Waals surface area contributed by atoms with Crippen LogP contribution in [0.25, 0.3) is 0 Å². The molecule has 4 nitrogen and oxygen atoms in total.